The van der Waals surface area contributed by atoms with Crippen LogP contribution in [0.25, 0.3) is 0 Å². The first kappa shape index (κ1) is 31.6. The highest BCUT2D eigenvalue weighted by atomic mass is 35.6. The molecule has 1 aromatic carbocycles. The molecule has 0 radical (unpaired) electrons. The lowest BCUT2D eigenvalue weighted by atomic mass is 10.1. The first-order chi connectivity index (χ1) is 15.3. The molecule has 190 valence electrons. The first-order valence-corrected chi connectivity index (χ1v) is 14.1. The van der Waals surface area contributed by atoms with Crippen molar-refractivity contribution in [2.45, 2.75) is 59.1 Å². The molecule has 1 rings (SSSR count). The maximum atomic E-state index is 13.1. The molecular weight excluding hydrogens is 578 g/mol. The van der Waals surface area contributed by atoms with Gasteiger partial charge in [-0.05, 0) is 12.0 Å². The predicted octanol–water partition coefficient (Wildman–Crippen LogP) is 8.10. The maximum Gasteiger partial charge on any atom is 0.475 e. The van der Waals surface area contributed by atoms with Crippen LogP contribution in [0.4, 0.5) is 0 Å². The minimum atomic E-state index is -4.32. The number of rotatable bonds is 15. The zero-order valence-corrected chi connectivity index (χ0v) is 23.5. The lowest BCUT2D eigenvalue weighted by Crippen LogP contribution is -2.31. The van der Waals surface area contributed by atoms with E-state index < -0.39 is 34.7 Å². The van der Waals surface area contributed by atoms with Gasteiger partial charge in [-0.25, -0.2) is 4.57 Å². The number of carbonyl (C=O) groups excluding carboxylic acids is 1. The van der Waals surface area contributed by atoms with Crippen LogP contribution in [0.15, 0.2) is 30.3 Å². The third-order valence-corrected chi connectivity index (χ3v) is 6.23. The average Bonchev–Trinajstić information content (AvgIpc) is 2.73. The number of phosphoric ester groups is 1. The predicted molar refractivity (Wildman–Crippen MR) is 137 cm³/mol. The van der Waals surface area contributed by atoms with E-state index in [0.29, 0.717) is 6.42 Å². The standard InChI is InChI=1S/C20H28Cl6NO5P/c1-2-3-4-5-9-12-18(28)27-17(16-10-7-6-8-11-16)13-30-33(29,31-14-19(21,22)23)32-15-20(24,25)26/h6-8,10-11,17H,2-5,9,12-15H2,1H3,(H,27,28). The van der Waals surface area contributed by atoms with Crippen molar-refractivity contribution in [2.24, 2.45) is 0 Å². The zero-order chi connectivity index (χ0) is 25.0. The van der Waals surface area contributed by atoms with Crippen LogP contribution in [0.5, 0.6) is 0 Å². The van der Waals surface area contributed by atoms with Gasteiger partial charge in [0.1, 0.15) is 13.2 Å². The number of unbranched alkanes of at least 4 members (excludes halogenated alkanes) is 4. The number of hydrogen-bond donors (Lipinski definition) is 1. The fourth-order valence-electron chi connectivity index (χ4n) is 2.64. The highest BCUT2D eigenvalue weighted by Gasteiger charge is 2.36. The Hall–Kier alpha value is 0.540. The van der Waals surface area contributed by atoms with E-state index in [1.54, 1.807) is 24.3 Å². The third kappa shape index (κ3) is 16.0. The van der Waals surface area contributed by atoms with Gasteiger partial charge in [-0.2, -0.15) is 0 Å². The van der Waals surface area contributed by atoms with E-state index in [0.717, 1.165) is 37.7 Å². The van der Waals surface area contributed by atoms with Crippen molar-refractivity contribution < 1.29 is 22.9 Å². The Morgan fingerprint density at radius 1 is 0.909 bits per heavy atom. The van der Waals surface area contributed by atoms with E-state index in [2.05, 4.69) is 12.2 Å². The fourth-order valence-corrected chi connectivity index (χ4v) is 4.69. The molecular formula is C20H28Cl6NO5P. The summed E-state index contributed by atoms with van der Waals surface area (Å²) in [5.41, 5.74) is 0.728. The molecule has 1 atom stereocenters. The van der Waals surface area contributed by atoms with E-state index in [1.807, 2.05) is 6.07 Å². The van der Waals surface area contributed by atoms with Crippen molar-refractivity contribution >= 4 is 83.3 Å². The molecule has 0 aliphatic rings. The summed E-state index contributed by atoms with van der Waals surface area (Å²) in [7, 11) is -4.32. The molecule has 1 N–H and O–H groups in total. The van der Waals surface area contributed by atoms with E-state index in [1.165, 1.54) is 0 Å². The van der Waals surface area contributed by atoms with Crippen LogP contribution in [0, 0.1) is 0 Å². The number of nitrogens with one attached hydrogen (secondary N) is 1. The lowest BCUT2D eigenvalue weighted by Gasteiger charge is -2.25. The number of amides is 1. The largest absolute Gasteiger partial charge is 0.475 e. The summed E-state index contributed by atoms with van der Waals surface area (Å²) in [6.07, 6.45) is 5.45. The van der Waals surface area contributed by atoms with Crippen molar-refractivity contribution in [3.8, 4) is 0 Å². The molecule has 0 spiro atoms. The van der Waals surface area contributed by atoms with E-state index in [-0.39, 0.29) is 12.5 Å². The van der Waals surface area contributed by atoms with Crippen molar-refractivity contribution in [2.75, 3.05) is 19.8 Å². The van der Waals surface area contributed by atoms with Crippen LogP contribution < -0.4 is 5.32 Å². The summed E-state index contributed by atoms with van der Waals surface area (Å²) in [5.74, 6) is -0.164. The Kier molecular flexibility index (Phi) is 14.9. The average molecular weight is 606 g/mol. The number of carbonyl (C=O) groups is 1. The Balaban J connectivity index is 2.85. The second-order valence-electron chi connectivity index (χ2n) is 7.22. The van der Waals surface area contributed by atoms with Crippen LogP contribution in [-0.4, -0.2) is 33.3 Å². The second-order valence-corrected chi connectivity index (χ2v) is 13.9. The molecule has 0 aliphatic heterocycles. The number of hydrogen-bond acceptors (Lipinski definition) is 5. The molecule has 13 heteroatoms. The van der Waals surface area contributed by atoms with Crippen LogP contribution in [0.1, 0.15) is 57.1 Å². The summed E-state index contributed by atoms with van der Waals surface area (Å²) >= 11 is 34.1. The van der Waals surface area contributed by atoms with Crippen LogP contribution in [-0.2, 0) is 22.9 Å². The molecule has 33 heavy (non-hydrogen) atoms. The minimum Gasteiger partial charge on any atom is -0.347 e. The number of halogens is 6. The van der Waals surface area contributed by atoms with Gasteiger partial charge in [-0.1, -0.05) is 133 Å². The van der Waals surface area contributed by atoms with Gasteiger partial charge in [0, 0.05) is 6.42 Å². The number of phosphoric acid groups is 1. The van der Waals surface area contributed by atoms with Crippen LogP contribution in [0.3, 0.4) is 0 Å². The smallest absolute Gasteiger partial charge is 0.347 e. The third-order valence-electron chi connectivity index (χ3n) is 4.22. The minimum absolute atomic E-state index is 0.164. The van der Waals surface area contributed by atoms with E-state index in [4.69, 9.17) is 83.2 Å². The molecule has 0 aliphatic carbocycles. The summed E-state index contributed by atoms with van der Waals surface area (Å²) in [6, 6.07) is 8.39. The quantitative estimate of drug-likeness (QED) is 0.124. The van der Waals surface area contributed by atoms with Gasteiger partial charge in [0.2, 0.25) is 13.5 Å². The van der Waals surface area contributed by atoms with Crippen LogP contribution in [0.2, 0.25) is 0 Å². The molecule has 0 fully saturated rings. The molecule has 0 heterocycles. The van der Waals surface area contributed by atoms with Crippen LogP contribution >= 0.6 is 77.4 Å². The monoisotopic (exact) mass is 603 g/mol. The zero-order valence-electron chi connectivity index (χ0n) is 18.1. The summed E-state index contributed by atoms with van der Waals surface area (Å²) in [6.45, 7) is 0.663. The topological polar surface area (TPSA) is 73.9 Å². The Bertz CT molecular complexity index is 723. The lowest BCUT2D eigenvalue weighted by molar-refractivity contribution is -0.122. The number of benzene rings is 1. The molecule has 0 aromatic heterocycles. The van der Waals surface area contributed by atoms with Gasteiger partial charge >= 0.3 is 7.82 Å². The Morgan fingerprint density at radius 2 is 1.45 bits per heavy atom. The molecule has 0 saturated heterocycles. The first-order valence-electron chi connectivity index (χ1n) is 10.3. The summed E-state index contributed by atoms with van der Waals surface area (Å²) < 4.78 is 25.0. The van der Waals surface area contributed by atoms with Gasteiger partial charge in [0.15, 0.2) is 0 Å². The van der Waals surface area contributed by atoms with E-state index in [9.17, 15) is 9.36 Å². The molecule has 1 unspecified atom stereocenters. The van der Waals surface area contributed by atoms with Crippen molar-refractivity contribution in [3.63, 3.8) is 0 Å². The van der Waals surface area contributed by atoms with E-state index >= 15 is 0 Å². The van der Waals surface area contributed by atoms with Crippen molar-refractivity contribution in [1.82, 2.24) is 5.32 Å². The Morgan fingerprint density at radius 3 is 1.97 bits per heavy atom. The summed E-state index contributed by atoms with van der Waals surface area (Å²) in [5, 5.41) is 2.89. The number of alkyl halides is 6. The SMILES string of the molecule is CCCCCCCC(=O)NC(COP(=O)(OCC(Cl)(Cl)Cl)OCC(Cl)(Cl)Cl)c1ccccc1. The highest BCUT2D eigenvalue weighted by molar-refractivity contribution is 7.48. The molecule has 0 bridgehead atoms. The maximum absolute atomic E-state index is 13.1. The Labute approximate surface area is 225 Å². The van der Waals surface area contributed by atoms with Crippen molar-refractivity contribution in [1.29, 1.82) is 0 Å². The molecule has 6 nitrogen and oxygen atoms in total. The fraction of sp³-hybridized carbons (Fsp3) is 0.650. The van der Waals surface area contributed by atoms with Gasteiger partial charge in [-0.3, -0.25) is 18.4 Å². The van der Waals surface area contributed by atoms with Gasteiger partial charge < -0.3 is 5.32 Å². The van der Waals surface area contributed by atoms with Gasteiger partial charge in [0.25, 0.3) is 0 Å². The molecule has 1 aromatic rings. The second kappa shape index (κ2) is 15.6. The normalized spacial score (nSPS) is 13.7. The highest BCUT2D eigenvalue weighted by Crippen LogP contribution is 2.53. The van der Waals surface area contributed by atoms with Crippen molar-refractivity contribution in [3.05, 3.63) is 35.9 Å². The molecule has 1 amide bonds. The van der Waals surface area contributed by atoms with Gasteiger partial charge in [-0.15, -0.1) is 0 Å². The molecule has 0 saturated carbocycles. The summed E-state index contributed by atoms with van der Waals surface area (Å²) in [4.78, 5) is 12.5. The van der Waals surface area contributed by atoms with Gasteiger partial charge in [0.05, 0.1) is 12.6 Å².